The van der Waals surface area contributed by atoms with Gasteiger partial charge in [0.25, 0.3) is 0 Å². The third-order valence-electron chi connectivity index (χ3n) is 9.79. The normalized spacial score (nSPS) is 16.2. The minimum atomic E-state index is -0.0546. The van der Waals surface area contributed by atoms with Crippen LogP contribution in [0.1, 0.15) is 48.6 Å². The highest BCUT2D eigenvalue weighted by Crippen LogP contribution is 2.56. The number of fused-ring (bicyclic) bond motifs is 10. The van der Waals surface area contributed by atoms with Crippen LogP contribution in [0.2, 0.25) is 0 Å². The van der Waals surface area contributed by atoms with Crippen LogP contribution >= 0.6 is 11.3 Å². The third-order valence-corrected chi connectivity index (χ3v) is 11.0. The molecule has 0 saturated carbocycles. The van der Waals surface area contributed by atoms with Crippen molar-refractivity contribution in [1.29, 1.82) is 5.41 Å². The number of aromatic nitrogens is 1. The largest absolute Gasteiger partial charge is 0.300 e. The molecule has 2 aromatic heterocycles. The Morgan fingerprint density at radius 2 is 1.43 bits per heavy atom. The SMILES string of the molecule is C/C(=N\C(=C1\C=Cc2ccccc2C1=N)c1ccccc1)n1c2ccccc2c2c3sc4c(c3ccc21)C(C)(C)c1ccccc1-4. The molecular weight excluding hydrogens is 579 g/mol. The number of nitrogens with one attached hydrogen (secondary N) is 1. The molecule has 1 N–H and O–H groups in total. The molecule has 3 nitrogen and oxygen atoms in total. The Kier molecular flexibility index (Phi) is 5.78. The Balaban J connectivity index is 1.31. The van der Waals surface area contributed by atoms with Crippen molar-refractivity contribution < 1.29 is 0 Å². The molecule has 9 rings (SSSR count). The minimum absolute atomic E-state index is 0.0546. The first-order valence-corrected chi connectivity index (χ1v) is 16.6. The van der Waals surface area contributed by atoms with Crippen molar-refractivity contribution in [3.63, 3.8) is 0 Å². The lowest BCUT2D eigenvalue weighted by Gasteiger charge is -2.21. The molecule has 7 aromatic rings. The standard InChI is InChI=1S/C42H31N3S/c1-25(44-39(27-14-5-4-6-15-27)32-22-21-26-13-7-8-16-28(26)38(32)43)45-34-20-12-10-18-30(34)36-35(45)24-23-31-37-41(46-40(31)36)29-17-9-11-19-33(29)42(37,2)3/h4-24,43H,1-3H3/b39-32-,43-38?,44-25+. The van der Waals surface area contributed by atoms with Crippen LogP contribution in [0.25, 0.3) is 54.1 Å². The first-order valence-electron chi connectivity index (χ1n) is 15.7. The van der Waals surface area contributed by atoms with E-state index in [1.807, 2.05) is 53.8 Å². The topological polar surface area (TPSA) is 41.1 Å². The lowest BCUT2D eigenvalue weighted by atomic mass is 9.81. The van der Waals surface area contributed by atoms with Crippen LogP contribution in [-0.2, 0) is 5.41 Å². The molecule has 2 heterocycles. The van der Waals surface area contributed by atoms with Gasteiger partial charge in [-0.15, -0.1) is 11.3 Å². The van der Waals surface area contributed by atoms with Crippen molar-refractivity contribution >= 4 is 66.5 Å². The summed E-state index contributed by atoms with van der Waals surface area (Å²) in [5.74, 6) is 0.867. The van der Waals surface area contributed by atoms with E-state index in [1.54, 1.807) is 0 Å². The quantitative estimate of drug-likeness (QED) is 0.150. The number of hydrogen-bond acceptors (Lipinski definition) is 3. The van der Waals surface area contributed by atoms with Gasteiger partial charge in [-0.05, 0) is 52.8 Å². The average molecular weight is 610 g/mol. The second-order valence-electron chi connectivity index (χ2n) is 12.7. The molecule has 0 unspecified atom stereocenters. The zero-order valence-corrected chi connectivity index (χ0v) is 26.7. The van der Waals surface area contributed by atoms with E-state index < -0.39 is 0 Å². The smallest absolute Gasteiger partial charge is 0.111 e. The van der Waals surface area contributed by atoms with Crippen LogP contribution in [0.3, 0.4) is 0 Å². The summed E-state index contributed by atoms with van der Waals surface area (Å²) in [6, 6.07) is 40.6. The van der Waals surface area contributed by atoms with Gasteiger partial charge in [0.1, 0.15) is 5.84 Å². The number of benzene rings is 5. The number of nitrogens with zero attached hydrogens (tertiary/aromatic N) is 2. The third kappa shape index (κ3) is 3.71. The van der Waals surface area contributed by atoms with Gasteiger partial charge in [0.05, 0.1) is 22.4 Å². The minimum Gasteiger partial charge on any atom is -0.300 e. The average Bonchev–Trinajstić information content (AvgIpc) is 3.71. The summed E-state index contributed by atoms with van der Waals surface area (Å²) in [7, 11) is 0. The molecule has 0 spiro atoms. The van der Waals surface area contributed by atoms with Crippen molar-refractivity contribution in [3.8, 4) is 10.4 Å². The monoisotopic (exact) mass is 609 g/mol. The van der Waals surface area contributed by atoms with Gasteiger partial charge in [-0.25, -0.2) is 4.99 Å². The van der Waals surface area contributed by atoms with Crippen LogP contribution in [0, 0.1) is 5.41 Å². The molecule has 2 aliphatic carbocycles. The van der Waals surface area contributed by atoms with E-state index in [4.69, 9.17) is 4.99 Å². The maximum Gasteiger partial charge on any atom is 0.111 e. The maximum absolute atomic E-state index is 9.23. The molecule has 4 heteroatoms. The Morgan fingerprint density at radius 3 is 2.28 bits per heavy atom. The zero-order valence-electron chi connectivity index (χ0n) is 25.9. The maximum atomic E-state index is 9.23. The number of rotatable bonds is 2. The van der Waals surface area contributed by atoms with Crippen molar-refractivity contribution in [2.75, 3.05) is 0 Å². The molecule has 0 aliphatic heterocycles. The van der Waals surface area contributed by atoms with Gasteiger partial charge in [-0.3, -0.25) is 9.98 Å². The fourth-order valence-corrected chi connectivity index (χ4v) is 9.24. The highest BCUT2D eigenvalue weighted by molar-refractivity contribution is 7.23. The fourth-order valence-electron chi connectivity index (χ4n) is 7.68. The highest BCUT2D eigenvalue weighted by Gasteiger charge is 2.39. The first-order chi connectivity index (χ1) is 22.4. The number of para-hydroxylation sites is 1. The van der Waals surface area contributed by atoms with Gasteiger partial charge < -0.3 is 0 Å². The van der Waals surface area contributed by atoms with E-state index >= 15 is 0 Å². The van der Waals surface area contributed by atoms with Crippen molar-refractivity contribution in [2.24, 2.45) is 4.99 Å². The fraction of sp³-hybridized carbons (Fsp3) is 0.0952. The van der Waals surface area contributed by atoms with Gasteiger partial charge in [0.2, 0.25) is 0 Å². The summed E-state index contributed by atoms with van der Waals surface area (Å²) in [5.41, 5.74) is 11.5. The summed E-state index contributed by atoms with van der Waals surface area (Å²) in [5, 5.41) is 13.1. The molecule has 0 fully saturated rings. The van der Waals surface area contributed by atoms with Crippen LogP contribution in [0.5, 0.6) is 0 Å². The van der Waals surface area contributed by atoms with E-state index in [-0.39, 0.29) is 5.41 Å². The van der Waals surface area contributed by atoms with Crippen molar-refractivity contribution in [1.82, 2.24) is 4.57 Å². The molecule has 5 aromatic carbocycles. The van der Waals surface area contributed by atoms with Gasteiger partial charge >= 0.3 is 0 Å². The summed E-state index contributed by atoms with van der Waals surface area (Å²) in [4.78, 5) is 6.78. The second kappa shape index (κ2) is 9.84. The van der Waals surface area contributed by atoms with Crippen molar-refractivity contribution in [2.45, 2.75) is 26.2 Å². The number of hydrogen-bond donors (Lipinski definition) is 1. The predicted molar refractivity (Wildman–Crippen MR) is 197 cm³/mol. The number of thiophene rings is 1. The van der Waals surface area contributed by atoms with Crippen molar-refractivity contribution in [3.05, 3.63) is 155 Å². The molecular formula is C42H31N3S. The lowest BCUT2D eigenvalue weighted by molar-refractivity contribution is 0.667. The zero-order chi connectivity index (χ0) is 31.2. The Hall–Kier alpha value is -5.32. The number of allylic oxidation sites excluding steroid dienone is 2. The van der Waals surface area contributed by atoms with Crippen LogP contribution < -0.4 is 0 Å². The van der Waals surface area contributed by atoms with E-state index in [2.05, 4.69) is 110 Å². The highest BCUT2D eigenvalue weighted by atomic mass is 32.1. The molecule has 2 aliphatic rings. The summed E-state index contributed by atoms with van der Waals surface area (Å²) in [6.45, 7) is 6.82. The molecule has 0 bridgehead atoms. The van der Waals surface area contributed by atoms with Gasteiger partial charge in [-0.2, -0.15) is 0 Å². The Morgan fingerprint density at radius 1 is 0.717 bits per heavy atom. The first kappa shape index (κ1) is 27.0. The molecule has 46 heavy (non-hydrogen) atoms. The van der Waals surface area contributed by atoms with Crippen LogP contribution in [0.4, 0.5) is 0 Å². The molecule has 220 valence electrons. The van der Waals surface area contributed by atoms with Gasteiger partial charge in [-0.1, -0.05) is 123 Å². The Bertz CT molecular complexity index is 2520. The second-order valence-corrected chi connectivity index (χ2v) is 13.8. The summed E-state index contributed by atoms with van der Waals surface area (Å²) in [6.07, 6.45) is 4.15. The predicted octanol–water partition coefficient (Wildman–Crippen LogP) is 11.1. The summed E-state index contributed by atoms with van der Waals surface area (Å²) >= 11 is 1.93. The van der Waals surface area contributed by atoms with Gasteiger partial charge in [0.15, 0.2) is 0 Å². The van der Waals surface area contributed by atoms with E-state index in [0.29, 0.717) is 5.71 Å². The Labute approximate surface area is 272 Å². The van der Waals surface area contributed by atoms with Crippen LogP contribution in [-0.4, -0.2) is 16.1 Å². The molecule has 0 saturated heterocycles. The van der Waals surface area contributed by atoms with E-state index in [0.717, 1.165) is 44.8 Å². The lowest BCUT2D eigenvalue weighted by Crippen LogP contribution is -2.14. The summed E-state index contributed by atoms with van der Waals surface area (Å²) < 4.78 is 3.64. The van der Waals surface area contributed by atoms with E-state index in [9.17, 15) is 5.41 Å². The molecule has 0 atom stereocenters. The molecule has 0 amide bonds. The van der Waals surface area contributed by atoms with Crippen LogP contribution in [0.15, 0.2) is 132 Å². The van der Waals surface area contributed by atoms with E-state index in [1.165, 1.54) is 42.4 Å². The number of aliphatic imine (C=N–C) groups is 1. The van der Waals surface area contributed by atoms with Gasteiger partial charge in [0, 0.05) is 42.5 Å². The molecule has 0 radical (unpaired) electrons.